The highest BCUT2D eigenvalue weighted by Crippen LogP contribution is 2.25. The van der Waals surface area contributed by atoms with Crippen molar-refractivity contribution < 1.29 is 4.74 Å². The van der Waals surface area contributed by atoms with Gasteiger partial charge in [-0.1, -0.05) is 0 Å². The second-order valence-electron chi connectivity index (χ2n) is 4.07. The van der Waals surface area contributed by atoms with E-state index in [1.807, 2.05) is 14.0 Å². The zero-order chi connectivity index (χ0) is 12.3. The fraction of sp³-hybridized carbons (Fsp3) is 0.917. The first kappa shape index (κ1) is 14.6. The molecule has 17 heavy (non-hydrogen) atoms. The number of aliphatic imine (C=N–C) groups is 1. The van der Waals surface area contributed by atoms with Gasteiger partial charge in [0.25, 0.3) is 0 Å². The number of hydrogen-bond acceptors (Lipinski definition) is 3. The maximum absolute atomic E-state index is 5.29. The Bertz CT molecular complexity index is 218. The molecule has 100 valence electrons. The molecule has 0 spiro atoms. The Hall–Kier alpha value is -0.420. The predicted molar refractivity (Wildman–Crippen MR) is 76.0 cm³/mol. The first-order valence-corrected chi connectivity index (χ1v) is 7.55. The second kappa shape index (κ2) is 9.59. The van der Waals surface area contributed by atoms with Crippen LogP contribution in [0.1, 0.15) is 26.2 Å². The van der Waals surface area contributed by atoms with Gasteiger partial charge in [-0.2, -0.15) is 11.8 Å². The molecular weight excluding hydrogens is 234 g/mol. The van der Waals surface area contributed by atoms with Gasteiger partial charge in [-0.25, -0.2) is 0 Å². The van der Waals surface area contributed by atoms with E-state index < -0.39 is 0 Å². The summed E-state index contributed by atoms with van der Waals surface area (Å²) in [6.07, 6.45) is 3.71. The van der Waals surface area contributed by atoms with E-state index in [2.05, 4.69) is 27.4 Å². The lowest BCUT2D eigenvalue weighted by Crippen LogP contribution is -2.40. The minimum absolute atomic E-state index is 0.761. The number of guanidine groups is 1. The normalized spacial score (nSPS) is 20.6. The van der Waals surface area contributed by atoms with Crippen LogP contribution in [0, 0.1) is 0 Å². The maximum Gasteiger partial charge on any atom is 0.191 e. The zero-order valence-corrected chi connectivity index (χ0v) is 11.8. The van der Waals surface area contributed by atoms with Gasteiger partial charge in [0.2, 0.25) is 0 Å². The molecular formula is C12H25N3OS. The zero-order valence-electron chi connectivity index (χ0n) is 11.0. The molecule has 0 aromatic heterocycles. The molecule has 1 atom stereocenters. The summed E-state index contributed by atoms with van der Waals surface area (Å²) in [5.74, 6) is 2.22. The fourth-order valence-electron chi connectivity index (χ4n) is 1.76. The molecule has 0 amide bonds. The van der Waals surface area contributed by atoms with E-state index in [1.54, 1.807) is 0 Å². The summed E-state index contributed by atoms with van der Waals surface area (Å²) in [5, 5.41) is 7.44. The molecule has 1 rings (SSSR count). The van der Waals surface area contributed by atoms with Crippen LogP contribution in [-0.2, 0) is 4.74 Å². The molecule has 1 aliphatic rings. The molecule has 0 radical (unpaired) electrons. The van der Waals surface area contributed by atoms with Crippen LogP contribution in [0.15, 0.2) is 4.99 Å². The third-order valence-corrected chi connectivity index (χ3v) is 4.10. The molecule has 0 bridgehead atoms. The SMILES string of the molecule is CCOCCCNC(=NC)NCC1CCCS1. The summed E-state index contributed by atoms with van der Waals surface area (Å²) in [7, 11) is 1.82. The number of ether oxygens (including phenoxy) is 1. The van der Waals surface area contributed by atoms with E-state index in [9.17, 15) is 0 Å². The fourth-order valence-corrected chi connectivity index (χ4v) is 2.96. The average Bonchev–Trinajstić information content (AvgIpc) is 2.86. The van der Waals surface area contributed by atoms with E-state index in [0.29, 0.717) is 0 Å². The van der Waals surface area contributed by atoms with Gasteiger partial charge >= 0.3 is 0 Å². The van der Waals surface area contributed by atoms with Gasteiger partial charge in [0.05, 0.1) is 0 Å². The highest BCUT2D eigenvalue weighted by atomic mass is 32.2. The van der Waals surface area contributed by atoms with Crippen LogP contribution in [0.4, 0.5) is 0 Å². The summed E-state index contributed by atoms with van der Waals surface area (Å²) in [4.78, 5) is 4.21. The van der Waals surface area contributed by atoms with Crippen molar-refractivity contribution in [2.45, 2.75) is 31.4 Å². The quantitative estimate of drug-likeness (QED) is 0.413. The van der Waals surface area contributed by atoms with Crippen molar-refractivity contribution in [3.8, 4) is 0 Å². The first-order chi connectivity index (χ1) is 8.36. The van der Waals surface area contributed by atoms with Crippen molar-refractivity contribution >= 4 is 17.7 Å². The van der Waals surface area contributed by atoms with Gasteiger partial charge in [-0.15, -0.1) is 0 Å². The average molecular weight is 259 g/mol. The number of thioether (sulfide) groups is 1. The monoisotopic (exact) mass is 259 g/mol. The Morgan fingerprint density at radius 3 is 3.00 bits per heavy atom. The van der Waals surface area contributed by atoms with Crippen LogP contribution in [0.2, 0.25) is 0 Å². The summed E-state index contributed by atoms with van der Waals surface area (Å²) >= 11 is 2.06. The summed E-state index contributed by atoms with van der Waals surface area (Å²) in [5.41, 5.74) is 0. The molecule has 0 aliphatic carbocycles. The van der Waals surface area contributed by atoms with Gasteiger partial charge in [-0.3, -0.25) is 4.99 Å². The van der Waals surface area contributed by atoms with Crippen molar-refractivity contribution in [2.75, 3.05) is 39.1 Å². The highest BCUT2D eigenvalue weighted by Gasteiger charge is 2.15. The van der Waals surface area contributed by atoms with E-state index in [-0.39, 0.29) is 0 Å². The van der Waals surface area contributed by atoms with Gasteiger partial charge in [0.1, 0.15) is 0 Å². The molecule has 0 aromatic rings. The Labute approximate surface area is 109 Å². The van der Waals surface area contributed by atoms with Crippen LogP contribution >= 0.6 is 11.8 Å². The summed E-state index contributed by atoms with van der Waals surface area (Å²) in [6.45, 7) is 5.57. The van der Waals surface area contributed by atoms with Crippen molar-refractivity contribution in [2.24, 2.45) is 4.99 Å². The minimum Gasteiger partial charge on any atom is -0.382 e. The number of rotatable bonds is 7. The van der Waals surface area contributed by atoms with Crippen molar-refractivity contribution in [3.05, 3.63) is 0 Å². The molecule has 1 saturated heterocycles. The molecule has 1 fully saturated rings. The van der Waals surface area contributed by atoms with Crippen molar-refractivity contribution in [3.63, 3.8) is 0 Å². The molecule has 2 N–H and O–H groups in total. The van der Waals surface area contributed by atoms with Gasteiger partial charge in [-0.05, 0) is 31.9 Å². The van der Waals surface area contributed by atoms with Crippen LogP contribution in [-0.4, -0.2) is 50.3 Å². The predicted octanol–water partition coefficient (Wildman–Crippen LogP) is 1.47. The van der Waals surface area contributed by atoms with Crippen LogP contribution < -0.4 is 10.6 Å². The smallest absolute Gasteiger partial charge is 0.191 e. The first-order valence-electron chi connectivity index (χ1n) is 6.50. The van der Waals surface area contributed by atoms with E-state index >= 15 is 0 Å². The maximum atomic E-state index is 5.29. The third kappa shape index (κ3) is 6.78. The van der Waals surface area contributed by atoms with E-state index in [1.165, 1.54) is 18.6 Å². The minimum atomic E-state index is 0.761. The Balaban J connectivity index is 2.03. The van der Waals surface area contributed by atoms with Gasteiger partial charge < -0.3 is 15.4 Å². The largest absolute Gasteiger partial charge is 0.382 e. The molecule has 5 heteroatoms. The lowest BCUT2D eigenvalue weighted by atomic mass is 10.2. The number of hydrogen-bond donors (Lipinski definition) is 2. The molecule has 1 aliphatic heterocycles. The Kier molecular flexibility index (Phi) is 8.26. The van der Waals surface area contributed by atoms with Crippen LogP contribution in [0.3, 0.4) is 0 Å². The van der Waals surface area contributed by atoms with Gasteiger partial charge in [0.15, 0.2) is 5.96 Å². The van der Waals surface area contributed by atoms with Crippen LogP contribution in [0.5, 0.6) is 0 Å². The van der Waals surface area contributed by atoms with E-state index in [4.69, 9.17) is 4.74 Å². The summed E-state index contributed by atoms with van der Waals surface area (Å²) in [6, 6.07) is 0. The molecule has 0 aromatic carbocycles. The molecule has 1 unspecified atom stereocenters. The lowest BCUT2D eigenvalue weighted by molar-refractivity contribution is 0.145. The second-order valence-corrected chi connectivity index (χ2v) is 5.47. The Morgan fingerprint density at radius 1 is 1.47 bits per heavy atom. The van der Waals surface area contributed by atoms with E-state index in [0.717, 1.165) is 43.9 Å². The summed E-state index contributed by atoms with van der Waals surface area (Å²) < 4.78 is 5.29. The van der Waals surface area contributed by atoms with Crippen molar-refractivity contribution in [1.82, 2.24) is 10.6 Å². The van der Waals surface area contributed by atoms with Gasteiger partial charge in [0, 0.05) is 38.6 Å². The molecule has 1 heterocycles. The Morgan fingerprint density at radius 2 is 2.35 bits per heavy atom. The van der Waals surface area contributed by atoms with Crippen LogP contribution in [0.25, 0.3) is 0 Å². The number of nitrogens with one attached hydrogen (secondary N) is 2. The molecule has 4 nitrogen and oxygen atoms in total. The topological polar surface area (TPSA) is 45.6 Å². The highest BCUT2D eigenvalue weighted by molar-refractivity contribution is 8.00. The standard InChI is InChI=1S/C12H25N3OS/c1-3-16-8-5-7-14-12(13-2)15-10-11-6-4-9-17-11/h11H,3-10H2,1-2H3,(H2,13,14,15). The number of nitrogens with zero attached hydrogens (tertiary/aromatic N) is 1. The van der Waals surface area contributed by atoms with Crippen molar-refractivity contribution in [1.29, 1.82) is 0 Å². The third-order valence-electron chi connectivity index (χ3n) is 2.71. The molecule has 0 saturated carbocycles. The lowest BCUT2D eigenvalue weighted by Gasteiger charge is -2.14.